The van der Waals surface area contributed by atoms with Gasteiger partial charge in [0.15, 0.2) is 0 Å². The smallest absolute Gasteiger partial charge is 0.303 e. The summed E-state index contributed by atoms with van der Waals surface area (Å²) in [7, 11) is 0. The van der Waals surface area contributed by atoms with Crippen molar-refractivity contribution < 1.29 is 52.2 Å². The molecule has 0 saturated carbocycles. The van der Waals surface area contributed by atoms with Crippen LogP contribution in [0.4, 0.5) is 0 Å². The maximum atomic E-state index is 12.3. The van der Waals surface area contributed by atoms with E-state index in [2.05, 4.69) is 0 Å². The van der Waals surface area contributed by atoms with Crippen LogP contribution in [-0.4, -0.2) is 28.4 Å². The first-order valence-electron chi connectivity index (χ1n) is 6.90. The molecule has 0 saturated heterocycles. The van der Waals surface area contributed by atoms with Gasteiger partial charge in [-0.3, -0.25) is 14.4 Å². The average Bonchev–Trinajstić information content (AvgIpc) is 2.28. The van der Waals surface area contributed by atoms with E-state index in [0.29, 0.717) is 12.8 Å². The summed E-state index contributed by atoms with van der Waals surface area (Å²) >= 11 is 4.90. The molecule has 0 heterocycles. The molecule has 0 aliphatic rings. The first kappa shape index (κ1) is 23.5. The molecule has 0 aliphatic carbocycles. The summed E-state index contributed by atoms with van der Waals surface area (Å²) < 4.78 is 0. The van der Waals surface area contributed by atoms with E-state index in [1.807, 2.05) is 20.8 Å². The Bertz CT molecular complexity index is 363. The molecule has 1 N–H and O–H groups in total. The molecule has 6 heteroatoms. The predicted octanol–water partition coefficient (Wildman–Crippen LogP) is 2.61. The molecule has 2 unspecified atom stereocenters. The van der Waals surface area contributed by atoms with Gasteiger partial charge in [-0.2, -0.15) is 5.75 Å². The van der Waals surface area contributed by atoms with E-state index >= 15 is 0 Å². The van der Waals surface area contributed by atoms with Crippen LogP contribution in [0.2, 0.25) is 0 Å². The Hall–Kier alpha value is 0.264. The van der Waals surface area contributed by atoms with Crippen LogP contribution in [0.3, 0.4) is 0 Å². The predicted molar refractivity (Wildman–Crippen MR) is 80.5 cm³/mol. The number of carboxylic acids is 1. The fraction of sp³-hybridized carbons (Fsp3) is 0.800. The number of Topliss-reactive ketones (excluding diaryl/α,β-unsaturated/α-hetero) is 2. The molecule has 0 bridgehead atoms. The Kier molecular flexibility index (Phi) is 12.2. The number of hydrogen-bond donors (Lipinski definition) is 1. The molecule has 0 fully saturated rings. The fourth-order valence-electron chi connectivity index (χ4n) is 2.14. The Morgan fingerprint density at radius 2 is 1.67 bits per heavy atom. The number of carbonyl (C=O) groups excluding carboxylic acids is 2. The van der Waals surface area contributed by atoms with Gasteiger partial charge in [0.05, 0.1) is 0 Å². The first-order chi connectivity index (χ1) is 9.06. The standard InChI is InChI=1S/C15H26O4S.Y/c1-10(16)12(9-20)7-13(17)11(5-6-14(18)19)8-15(2,3)4;/h11-12,20H,5-9H2,1-4H3,(H,18,19);/p-1. The van der Waals surface area contributed by atoms with Crippen LogP contribution in [0.25, 0.3) is 0 Å². The first-order valence-corrected chi connectivity index (χ1v) is 7.47. The SMILES string of the molecule is CC(=O)C(C[S-])CC(=O)C(CCC(=O)O)CC(C)(C)C.[Y]. The van der Waals surface area contributed by atoms with Crippen molar-refractivity contribution in [3.05, 3.63) is 0 Å². The normalized spacial score (nSPS) is 14.0. The zero-order chi connectivity index (χ0) is 15.9. The minimum absolute atomic E-state index is 0. The van der Waals surface area contributed by atoms with Crippen molar-refractivity contribution in [2.45, 2.75) is 53.4 Å². The van der Waals surface area contributed by atoms with Crippen molar-refractivity contribution in [2.75, 3.05) is 5.75 Å². The molecular weight excluding hydrogens is 365 g/mol. The Labute approximate surface area is 158 Å². The van der Waals surface area contributed by atoms with Gasteiger partial charge in [-0.15, -0.1) is 0 Å². The molecule has 2 atom stereocenters. The van der Waals surface area contributed by atoms with Crippen LogP contribution >= 0.6 is 0 Å². The maximum absolute atomic E-state index is 12.3. The number of rotatable bonds is 9. The largest absolute Gasteiger partial charge is 0.792 e. The van der Waals surface area contributed by atoms with Gasteiger partial charge in [-0.1, -0.05) is 20.8 Å². The fourth-order valence-corrected chi connectivity index (χ4v) is 2.50. The Morgan fingerprint density at radius 3 is 2.00 bits per heavy atom. The molecule has 0 rings (SSSR count). The van der Waals surface area contributed by atoms with Crippen molar-refractivity contribution in [3.63, 3.8) is 0 Å². The van der Waals surface area contributed by atoms with Crippen molar-refractivity contribution in [3.8, 4) is 0 Å². The number of aliphatic carboxylic acids is 1. The van der Waals surface area contributed by atoms with Gasteiger partial charge < -0.3 is 17.7 Å². The second kappa shape index (κ2) is 10.9. The topological polar surface area (TPSA) is 71.4 Å². The summed E-state index contributed by atoms with van der Waals surface area (Å²) in [6.45, 7) is 7.50. The van der Waals surface area contributed by atoms with Gasteiger partial charge in [0.1, 0.15) is 11.6 Å². The molecule has 21 heavy (non-hydrogen) atoms. The van der Waals surface area contributed by atoms with Crippen LogP contribution in [0, 0.1) is 17.3 Å². The third kappa shape index (κ3) is 11.5. The van der Waals surface area contributed by atoms with Crippen molar-refractivity contribution >= 4 is 30.2 Å². The molecule has 0 aliphatic heterocycles. The van der Waals surface area contributed by atoms with E-state index in [4.69, 9.17) is 17.7 Å². The van der Waals surface area contributed by atoms with E-state index in [1.54, 1.807) is 0 Å². The third-order valence-corrected chi connectivity index (χ3v) is 3.65. The van der Waals surface area contributed by atoms with Gasteiger partial charge in [-0.25, -0.2) is 0 Å². The number of ketones is 2. The van der Waals surface area contributed by atoms with E-state index in [1.165, 1.54) is 6.92 Å². The third-order valence-electron chi connectivity index (χ3n) is 3.24. The summed E-state index contributed by atoms with van der Waals surface area (Å²) in [6, 6.07) is 0. The summed E-state index contributed by atoms with van der Waals surface area (Å²) in [5.74, 6) is -1.49. The Balaban J connectivity index is 0. The zero-order valence-electron chi connectivity index (χ0n) is 13.3. The molecular formula is C15H25O4SY-. The second-order valence-corrected chi connectivity index (χ2v) is 6.87. The van der Waals surface area contributed by atoms with E-state index in [-0.39, 0.29) is 74.2 Å². The molecule has 1 radical (unpaired) electrons. The van der Waals surface area contributed by atoms with Crippen molar-refractivity contribution in [1.29, 1.82) is 0 Å². The molecule has 0 amide bonds. The summed E-state index contributed by atoms with van der Waals surface area (Å²) in [5, 5.41) is 8.78. The summed E-state index contributed by atoms with van der Waals surface area (Å²) in [5.41, 5.74) is -0.0570. The molecule has 0 aromatic rings. The average molecular weight is 390 g/mol. The van der Waals surface area contributed by atoms with Crippen molar-refractivity contribution in [1.82, 2.24) is 0 Å². The van der Waals surface area contributed by atoms with Gasteiger partial charge in [0.2, 0.25) is 0 Å². The molecule has 0 aromatic heterocycles. The molecule has 119 valence electrons. The minimum atomic E-state index is -0.900. The maximum Gasteiger partial charge on any atom is 0.303 e. The van der Waals surface area contributed by atoms with Gasteiger partial charge in [-0.05, 0) is 25.2 Å². The molecule has 0 spiro atoms. The van der Waals surface area contributed by atoms with Crippen LogP contribution in [-0.2, 0) is 59.7 Å². The minimum Gasteiger partial charge on any atom is -0.792 e. The second-order valence-electron chi connectivity index (χ2n) is 6.54. The number of carbonyl (C=O) groups is 3. The van der Waals surface area contributed by atoms with Gasteiger partial charge in [0, 0.05) is 57.4 Å². The van der Waals surface area contributed by atoms with E-state index in [9.17, 15) is 14.4 Å². The van der Waals surface area contributed by atoms with Crippen LogP contribution < -0.4 is 0 Å². The number of carboxylic acid groups (broad SMARTS) is 1. The Morgan fingerprint density at radius 1 is 1.14 bits per heavy atom. The van der Waals surface area contributed by atoms with Gasteiger partial charge in [0.25, 0.3) is 0 Å². The van der Waals surface area contributed by atoms with Crippen LogP contribution in [0.1, 0.15) is 53.4 Å². The zero-order valence-corrected chi connectivity index (χ0v) is 17.0. The monoisotopic (exact) mass is 390 g/mol. The van der Waals surface area contributed by atoms with Crippen molar-refractivity contribution in [2.24, 2.45) is 17.3 Å². The van der Waals surface area contributed by atoms with E-state index in [0.717, 1.165) is 0 Å². The summed E-state index contributed by atoms with van der Waals surface area (Å²) in [4.78, 5) is 34.4. The van der Waals surface area contributed by atoms with Crippen LogP contribution in [0.5, 0.6) is 0 Å². The summed E-state index contributed by atoms with van der Waals surface area (Å²) in [6.07, 6.45) is 1.07. The van der Waals surface area contributed by atoms with E-state index < -0.39 is 11.9 Å². The molecule has 4 nitrogen and oxygen atoms in total. The van der Waals surface area contributed by atoms with Crippen LogP contribution in [0.15, 0.2) is 0 Å². The number of hydrogen-bond acceptors (Lipinski definition) is 4. The molecule has 0 aromatic carbocycles. The van der Waals surface area contributed by atoms with Gasteiger partial charge >= 0.3 is 5.97 Å². The quantitative estimate of drug-likeness (QED) is 0.613.